The van der Waals surface area contributed by atoms with Gasteiger partial charge in [0.1, 0.15) is 0 Å². The number of aldehydes is 1. The maximum atomic E-state index is 11.0. The Bertz CT molecular complexity index is 610. The molecule has 0 radical (unpaired) electrons. The van der Waals surface area contributed by atoms with Crippen LogP contribution in [0.4, 0.5) is 0 Å². The van der Waals surface area contributed by atoms with Crippen LogP contribution < -0.4 is 0 Å². The van der Waals surface area contributed by atoms with Gasteiger partial charge in [0, 0.05) is 35.1 Å². The van der Waals surface area contributed by atoms with Crippen LogP contribution in [0, 0.1) is 11.3 Å². The van der Waals surface area contributed by atoms with Crippen LogP contribution in [0.15, 0.2) is 24.4 Å². The van der Waals surface area contributed by atoms with E-state index in [9.17, 15) is 4.79 Å². The van der Waals surface area contributed by atoms with E-state index >= 15 is 0 Å². The lowest BCUT2D eigenvalue weighted by atomic mass is 10.2. The predicted molar refractivity (Wildman–Crippen MR) is 71.8 cm³/mol. The molecule has 0 spiro atoms. The Morgan fingerprint density at radius 2 is 2.22 bits per heavy atom. The summed E-state index contributed by atoms with van der Waals surface area (Å²) in [7, 11) is 0. The van der Waals surface area contributed by atoms with Crippen LogP contribution in [0.2, 0.25) is 5.02 Å². The number of hydrogen-bond acceptors (Lipinski definition) is 2. The SMILES string of the molecule is N#CCCCCn1cc(C=O)c2ccc(Cl)cc21. The second-order valence-electron chi connectivity index (χ2n) is 4.17. The van der Waals surface area contributed by atoms with Gasteiger partial charge in [-0.3, -0.25) is 4.79 Å². The molecule has 0 aliphatic rings. The first-order valence-corrected chi connectivity index (χ1v) is 6.24. The summed E-state index contributed by atoms with van der Waals surface area (Å²) in [6.45, 7) is 0.798. The smallest absolute Gasteiger partial charge is 0.152 e. The molecule has 3 nitrogen and oxygen atoms in total. The van der Waals surface area contributed by atoms with Crippen molar-refractivity contribution in [2.45, 2.75) is 25.8 Å². The zero-order valence-corrected chi connectivity index (χ0v) is 10.7. The Hall–Kier alpha value is -1.79. The van der Waals surface area contributed by atoms with Gasteiger partial charge >= 0.3 is 0 Å². The predicted octanol–water partition coefficient (Wildman–Crippen LogP) is 3.80. The number of benzene rings is 1. The molecule has 0 fully saturated rings. The lowest BCUT2D eigenvalue weighted by Gasteiger charge is -2.04. The molecule has 0 N–H and O–H groups in total. The zero-order valence-electron chi connectivity index (χ0n) is 9.90. The monoisotopic (exact) mass is 260 g/mol. The first kappa shape index (κ1) is 12.7. The normalized spacial score (nSPS) is 10.4. The van der Waals surface area contributed by atoms with Gasteiger partial charge in [-0.05, 0) is 25.0 Å². The summed E-state index contributed by atoms with van der Waals surface area (Å²) >= 11 is 5.98. The van der Waals surface area contributed by atoms with Crippen molar-refractivity contribution in [1.82, 2.24) is 4.57 Å². The summed E-state index contributed by atoms with van der Waals surface area (Å²) in [6, 6.07) is 7.66. The van der Waals surface area contributed by atoms with E-state index in [1.54, 1.807) is 6.07 Å². The maximum absolute atomic E-state index is 11.0. The summed E-state index contributed by atoms with van der Waals surface area (Å²) < 4.78 is 2.03. The zero-order chi connectivity index (χ0) is 13.0. The number of rotatable bonds is 5. The molecule has 2 aromatic rings. The van der Waals surface area contributed by atoms with Crippen molar-refractivity contribution in [1.29, 1.82) is 5.26 Å². The summed E-state index contributed by atoms with van der Waals surface area (Å²) in [5.41, 5.74) is 1.66. The minimum Gasteiger partial charge on any atom is -0.347 e. The van der Waals surface area contributed by atoms with Crippen LogP contribution in [-0.4, -0.2) is 10.9 Å². The molecule has 0 bridgehead atoms. The number of unbranched alkanes of at least 4 members (excludes halogenated alkanes) is 2. The third-order valence-electron chi connectivity index (χ3n) is 2.94. The lowest BCUT2D eigenvalue weighted by Crippen LogP contribution is -1.95. The molecule has 1 aromatic carbocycles. The summed E-state index contributed by atoms with van der Waals surface area (Å²) in [4.78, 5) is 11.0. The van der Waals surface area contributed by atoms with Crippen molar-refractivity contribution in [3.8, 4) is 6.07 Å². The van der Waals surface area contributed by atoms with Gasteiger partial charge in [-0.1, -0.05) is 17.7 Å². The van der Waals surface area contributed by atoms with Crippen LogP contribution in [-0.2, 0) is 6.54 Å². The largest absolute Gasteiger partial charge is 0.347 e. The van der Waals surface area contributed by atoms with E-state index in [0.29, 0.717) is 17.0 Å². The molecule has 0 aliphatic carbocycles. The third kappa shape index (κ3) is 2.55. The lowest BCUT2D eigenvalue weighted by molar-refractivity contribution is 0.112. The first-order valence-electron chi connectivity index (χ1n) is 5.87. The number of nitrogens with zero attached hydrogens (tertiary/aromatic N) is 2. The summed E-state index contributed by atoms with van der Waals surface area (Å²) in [5.74, 6) is 0. The van der Waals surface area contributed by atoms with Crippen LogP contribution in [0.1, 0.15) is 29.6 Å². The molecule has 0 saturated carbocycles. The van der Waals surface area contributed by atoms with Gasteiger partial charge < -0.3 is 4.57 Å². The Balaban J connectivity index is 2.29. The molecule has 0 amide bonds. The van der Waals surface area contributed by atoms with E-state index in [4.69, 9.17) is 16.9 Å². The molecule has 92 valence electrons. The fourth-order valence-electron chi connectivity index (χ4n) is 2.06. The standard InChI is InChI=1S/C14H13ClN2O/c15-12-4-5-13-11(10-18)9-17(14(13)8-12)7-3-1-2-6-16/h4-5,8-10H,1-3,7H2. The van der Waals surface area contributed by atoms with Gasteiger partial charge in [-0.2, -0.15) is 5.26 Å². The van der Waals surface area contributed by atoms with E-state index in [2.05, 4.69) is 6.07 Å². The first-order chi connectivity index (χ1) is 8.76. The second kappa shape index (κ2) is 5.70. The number of carbonyl (C=O) groups is 1. The highest BCUT2D eigenvalue weighted by molar-refractivity contribution is 6.31. The van der Waals surface area contributed by atoms with Crippen molar-refractivity contribution in [3.05, 3.63) is 35.0 Å². The quantitative estimate of drug-likeness (QED) is 0.606. The third-order valence-corrected chi connectivity index (χ3v) is 3.17. The highest BCUT2D eigenvalue weighted by Crippen LogP contribution is 2.24. The fraction of sp³-hybridized carbons (Fsp3) is 0.286. The van der Waals surface area contributed by atoms with Crippen LogP contribution >= 0.6 is 11.6 Å². The topological polar surface area (TPSA) is 45.8 Å². The number of aromatic nitrogens is 1. The molecular weight excluding hydrogens is 248 g/mol. The minimum absolute atomic E-state index is 0.570. The molecule has 0 atom stereocenters. The number of hydrogen-bond donors (Lipinski definition) is 0. The molecule has 0 aliphatic heterocycles. The van der Waals surface area contributed by atoms with Gasteiger partial charge in [0.2, 0.25) is 0 Å². The van der Waals surface area contributed by atoms with Crippen molar-refractivity contribution >= 4 is 28.8 Å². The van der Waals surface area contributed by atoms with E-state index in [0.717, 1.165) is 36.6 Å². The molecule has 1 aromatic heterocycles. The van der Waals surface area contributed by atoms with Crippen molar-refractivity contribution in [3.63, 3.8) is 0 Å². The average molecular weight is 261 g/mol. The maximum Gasteiger partial charge on any atom is 0.152 e. The molecule has 2 rings (SSSR count). The van der Waals surface area contributed by atoms with Gasteiger partial charge in [0.25, 0.3) is 0 Å². The van der Waals surface area contributed by atoms with E-state index in [1.807, 2.05) is 22.9 Å². The molecule has 18 heavy (non-hydrogen) atoms. The Labute approximate surface area is 111 Å². The molecular formula is C14H13ClN2O. The van der Waals surface area contributed by atoms with Crippen molar-refractivity contribution < 1.29 is 4.79 Å². The number of halogens is 1. The Morgan fingerprint density at radius 1 is 1.39 bits per heavy atom. The number of nitriles is 1. The van der Waals surface area contributed by atoms with Gasteiger partial charge in [0.05, 0.1) is 11.6 Å². The van der Waals surface area contributed by atoms with Crippen molar-refractivity contribution in [2.75, 3.05) is 0 Å². The van der Waals surface area contributed by atoms with E-state index in [-0.39, 0.29) is 0 Å². The van der Waals surface area contributed by atoms with Gasteiger partial charge in [-0.25, -0.2) is 0 Å². The number of carbonyl (C=O) groups excluding carboxylic acids is 1. The van der Waals surface area contributed by atoms with Gasteiger partial charge in [0.15, 0.2) is 6.29 Å². The molecule has 0 unspecified atom stereocenters. The number of fused-ring (bicyclic) bond motifs is 1. The summed E-state index contributed by atoms with van der Waals surface area (Å²) in [5, 5.41) is 10.1. The van der Waals surface area contributed by atoms with Crippen LogP contribution in [0.25, 0.3) is 10.9 Å². The van der Waals surface area contributed by atoms with E-state index < -0.39 is 0 Å². The number of aryl methyl sites for hydroxylation is 1. The Kier molecular flexibility index (Phi) is 4.01. The van der Waals surface area contributed by atoms with Crippen molar-refractivity contribution in [2.24, 2.45) is 0 Å². The fourth-order valence-corrected chi connectivity index (χ4v) is 2.22. The van der Waals surface area contributed by atoms with Crippen LogP contribution in [0.3, 0.4) is 0 Å². The molecule has 1 heterocycles. The van der Waals surface area contributed by atoms with Crippen LogP contribution in [0.5, 0.6) is 0 Å². The minimum atomic E-state index is 0.570. The molecule has 0 saturated heterocycles. The summed E-state index contributed by atoms with van der Waals surface area (Å²) in [6.07, 6.45) is 5.07. The van der Waals surface area contributed by atoms with E-state index in [1.165, 1.54) is 0 Å². The molecule has 4 heteroatoms. The second-order valence-corrected chi connectivity index (χ2v) is 4.61. The van der Waals surface area contributed by atoms with Gasteiger partial charge in [-0.15, -0.1) is 0 Å². The Morgan fingerprint density at radius 3 is 2.94 bits per heavy atom. The highest BCUT2D eigenvalue weighted by Gasteiger charge is 2.08. The average Bonchev–Trinajstić information content (AvgIpc) is 2.72. The highest BCUT2D eigenvalue weighted by atomic mass is 35.5.